The zero-order valence-electron chi connectivity index (χ0n) is 16.7. The molecule has 2 aromatic rings. The summed E-state index contributed by atoms with van der Waals surface area (Å²) in [5.41, 5.74) is 3.84. The highest BCUT2D eigenvalue weighted by atomic mass is 32.1. The normalized spacial score (nSPS) is 16.4. The van der Waals surface area contributed by atoms with Crippen molar-refractivity contribution in [2.45, 2.75) is 52.7 Å². The summed E-state index contributed by atoms with van der Waals surface area (Å²) in [6, 6.07) is 10.9. The van der Waals surface area contributed by atoms with E-state index in [-0.39, 0.29) is 12.1 Å². The summed E-state index contributed by atoms with van der Waals surface area (Å²) < 4.78 is 0. The molecule has 5 heteroatoms. The van der Waals surface area contributed by atoms with Gasteiger partial charge in [-0.1, -0.05) is 45.0 Å². The maximum atomic E-state index is 12.9. The molecule has 1 aromatic carbocycles. The highest BCUT2D eigenvalue weighted by Gasteiger charge is 2.30. The first-order chi connectivity index (χ1) is 13.2. The van der Waals surface area contributed by atoms with Crippen LogP contribution in [0.25, 0.3) is 0 Å². The third-order valence-electron chi connectivity index (χ3n) is 5.58. The van der Waals surface area contributed by atoms with Crippen molar-refractivity contribution in [1.29, 1.82) is 0 Å². The zero-order valence-corrected chi connectivity index (χ0v) is 17.5. The van der Waals surface area contributed by atoms with Crippen LogP contribution < -0.4 is 5.32 Å². The lowest BCUT2D eigenvalue weighted by molar-refractivity contribution is 0.167. The number of nitrogens with zero attached hydrogens (tertiary/aromatic N) is 2. The molecular formula is C22H31N3OS. The molecule has 1 atom stereocenters. The Balaban J connectivity index is 1.66. The molecule has 1 aliphatic rings. The predicted molar refractivity (Wildman–Crippen MR) is 113 cm³/mol. The molecule has 0 spiro atoms. The van der Waals surface area contributed by atoms with E-state index in [1.54, 1.807) is 0 Å². The Morgan fingerprint density at radius 2 is 1.93 bits per heavy atom. The van der Waals surface area contributed by atoms with Crippen LogP contribution in [0.4, 0.5) is 4.79 Å². The molecule has 3 rings (SSSR count). The standard InChI is InChI=1S/C22H31N3OS/c1-4-20-19-12-14-27-21(19)11-13-25(20)22(26)23-15-17-9-7-8-10-18(17)16-24(5-2)6-3/h7-10,12,14,20H,4-6,11,13,15-16H2,1-3H3,(H,23,26). The number of nitrogens with one attached hydrogen (secondary N) is 1. The fraction of sp³-hybridized carbons (Fsp3) is 0.500. The van der Waals surface area contributed by atoms with E-state index in [1.807, 2.05) is 16.2 Å². The van der Waals surface area contributed by atoms with Crippen LogP contribution in [0.1, 0.15) is 54.8 Å². The van der Waals surface area contributed by atoms with Crippen LogP contribution >= 0.6 is 11.3 Å². The second-order valence-electron chi connectivity index (χ2n) is 7.06. The van der Waals surface area contributed by atoms with Gasteiger partial charge in [-0.2, -0.15) is 0 Å². The predicted octanol–water partition coefficient (Wildman–Crippen LogP) is 4.81. The number of hydrogen-bond donors (Lipinski definition) is 1. The zero-order chi connectivity index (χ0) is 19.2. The van der Waals surface area contributed by atoms with Crippen molar-refractivity contribution in [3.63, 3.8) is 0 Å². The van der Waals surface area contributed by atoms with Gasteiger partial charge >= 0.3 is 6.03 Å². The van der Waals surface area contributed by atoms with Gasteiger partial charge < -0.3 is 10.2 Å². The minimum Gasteiger partial charge on any atom is -0.334 e. The van der Waals surface area contributed by atoms with Gasteiger partial charge in [0.1, 0.15) is 0 Å². The van der Waals surface area contributed by atoms with Gasteiger partial charge in [-0.05, 0) is 54.1 Å². The fourth-order valence-electron chi connectivity index (χ4n) is 3.92. The number of urea groups is 1. The van der Waals surface area contributed by atoms with E-state index in [0.717, 1.165) is 39.0 Å². The van der Waals surface area contributed by atoms with Gasteiger partial charge in [0.05, 0.1) is 6.04 Å². The summed E-state index contributed by atoms with van der Waals surface area (Å²) in [7, 11) is 0. The number of hydrogen-bond acceptors (Lipinski definition) is 3. The van der Waals surface area contributed by atoms with E-state index < -0.39 is 0 Å². The Labute approximate surface area is 167 Å². The molecule has 4 nitrogen and oxygen atoms in total. The second kappa shape index (κ2) is 9.38. The van der Waals surface area contributed by atoms with Crippen molar-refractivity contribution in [2.75, 3.05) is 19.6 Å². The number of carbonyl (C=O) groups excluding carboxylic acids is 1. The van der Waals surface area contributed by atoms with Gasteiger partial charge in [-0.25, -0.2) is 4.79 Å². The number of rotatable bonds is 7. The van der Waals surface area contributed by atoms with Crippen molar-refractivity contribution in [3.05, 3.63) is 57.3 Å². The average Bonchev–Trinajstić information content (AvgIpc) is 3.19. The summed E-state index contributed by atoms with van der Waals surface area (Å²) in [6.45, 7) is 10.9. The van der Waals surface area contributed by atoms with Crippen molar-refractivity contribution in [1.82, 2.24) is 15.1 Å². The van der Waals surface area contributed by atoms with Crippen molar-refractivity contribution in [2.24, 2.45) is 0 Å². The molecule has 0 fully saturated rings. The number of fused-ring (bicyclic) bond motifs is 1. The molecule has 2 amide bonds. The Kier molecular flexibility index (Phi) is 6.91. The number of thiophene rings is 1. The van der Waals surface area contributed by atoms with Crippen molar-refractivity contribution >= 4 is 17.4 Å². The maximum absolute atomic E-state index is 12.9. The first kappa shape index (κ1) is 19.9. The molecule has 2 heterocycles. The van der Waals surface area contributed by atoms with Crippen LogP contribution in [0.15, 0.2) is 35.7 Å². The lowest BCUT2D eigenvalue weighted by Crippen LogP contribution is -2.45. The molecule has 27 heavy (non-hydrogen) atoms. The van der Waals surface area contributed by atoms with Gasteiger partial charge in [0.2, 0.25) is 0 Å². The van der Waals surface area contributed by atoms with Crippen LogP contribution in [0.2, 0.25) is 0 Å². The molecule has 0 saturated carbocycles. The SMILES string of the molecule is CCC1c2ccsc2CCN1C(=O)NCc1ccccc1CN(CC)CC. The number of amides is 2. The Hall–Kier alpha value is -1.85. The second-order valence-corrected chi connectivity index (χ2v) is 8.06. The Morgan fingerprint density at radius 3 is 2.63 bits per heavy atom. The smallest absolute Gasteiger partial charge is 0.318 e. The van der Waals surface area contributed by atoms with Crippen LogP contribution in [0.5, 0.6) is 0 Å². The van der Waals surface area contributed by atoms with Crippen LogP contribution in [0.3, 0.4) is 0 Å². The maximum Gasteiger partial charge on any atom is 0.318 e. The van der Waals surface area contributed by atoms with E-state index in [4.69, 9.17) is 0 Å². The molecular weight excluding hydrogens is 354 g/mol. The summed E-state index contributed by atoms with van der Waals surface area (Å²) in [5.74, 6) is 0. The molecule has 1 N–H and O–H groups in total. The lowest BCUT2D eigenvalue weighted by atomic mass is 9.98. The highest BCUT2D eigenvalue weighted by Crippen LogP contribution is 2.35. The lowest BCUT2D eigenvalue weighted by Gasteiger charge is -2.35. The Bertz CT molecular complexity index is 754. The van der Waals surface area contributed by atoms with Gasteiger partial charge in [-0.3, -0.25) is 4.90 Å². The van der Waals surface area contributed by atoms with E-state index in [9.17, 15) is 4.79 Å². The first-order valence-electron chi connectivity index (χ1n) is 10.1. The molecule has 1 aliphatic heterocycles. The van der Waals surface area contributed by atoms with Gasteiger partial charge in [-0.15, -0.1) is 11.3 Å². The third kappa shape index (κ3) is 4.53. The summed E-state index contributed by atoms with van der Waals surface area (Å²) in [5, 5.41) is 5.33. The molecule has 0 radical (unpaired) electrons. The molecule has 0 bridgehead atoms. The summed E-state index contributed by atoms with van der Waals surface area (Å²) in [6.07, 6.45) is 1.92. The van der Waals surface area contributed by atoms with Crippen molar-refractivity contribution in [3.8, 4) is 0 Å². The van der Waals surface area contributed by atoms with E-state index in [1.165, 1.54) is 21.6 Å². The van der Waals surface area contributed by atoms with Crippen LogP contribution in [0, 0.1) is 0 Å². The van der Waals surface area contributed by atoms with E-state index >= 15 is 0 Å². The molecule has 1 unspecified atom stereocenters. The van der Waals surface area contributed by atoms with Gasteiger partial charge in [0.15, 0.2) is 0 Å². The van der Waals surface area contributed by atoms with E-state index in [0.29, 0.717) is 6.54 Å². The highest BCUT2D eigenvalue weighted by molar-refractivity contribution is 7.10. The Morgan fingerprint density at radius 1 is 1.19 bits per heavy atom. The quantitative estimate of drug-likeness (QED) is 0.742. The monoisotopic (exact) mass is 385 g/mol. The molecule has 1 aromatic heterocycles. The number of carbonyl (C=O) groups is 1. The summed E-state index contributed by atoms with van der Waals surface area (Å²) in [4.78, 5) is 18.8. The van der Waals surface area contributed by atoms with Crippen LogP contribution in [-0.4, -0.2) is 35.5 Å². The van der Waals surface area contributed by atoms with E-state index in [2.05, 4.69) is 66.7 Å². The van der Waals surface area contributed by atoms with Crippen molar-refractivity contribution < 1.29 is 4.79 Å². The van der Waals surface area contributed by atoms with Gasteiger partial charge in [0.25, 0.3) is 0 Å². The van der Waals surface area contributed by atoms with Gasteiger partial charge in [0, 0.05) is 24.5 Å². The topological polar surface area (TPSA) is 35.6 Å². The minimum absolute atomic E-state index is 0.0522. The first-order valence-corrected chi connectivity index (χ1v) is 11.0. The molecule has 146 valence electrons. The average molecular weight is 386 g/mol. The summed E-state index contributed by atoms with van der Waals surface area (Å²) >= 11 is 1.82. The number of benzene rings is 1. The third-order valence-corrected chi connectivity index (χ3v) is 6.58. The molecule has 0 saturated heterocycles. The largest absolute Gasteiger partial charge is 0.334 e. The fourth-order valence-corrected chi connectivity index (χ4v) is 4.85. The van der Waals surface area contributed by atoms with Crippen LogP contribution in [-0.2, 0) is 19.5 Å². The minimum atomic E-state index is 0.0522. The molecule has 0 aliphatic carbocycles.